The Morgan fingerprint density at radius 2 is 2.06 bits per heavy atom. The van der Waals surface area contributed by atoms with Gasteiger partial charge in [0.25, 0.3) is 0 Å². The third kappa shape index (κ3) is 1.73. The molecule has 2 N–H and O–H groups in total. The molecule has 84 valence electrons. The molecule has 0 saturated carbocycles. The Hall–Kier alpha value is -2.36. The fraction of sp³-hybridized carbons (Fsp3) is 0.0769. The Morgan fingerprint density at radius 3 is 2.82 bits per heavy atom. The Balaban J connectivity index is 2.14. The van der Waals surface area contributed by atoms with E-state index in [1.165, 1.54) is 0 Å². The fourth-order valence-corrected chi connectivity index (χ4v) is 1.69. The van der Waals surface area contributed by atoms with Crippen molar-refractivity contribution in [3.05, 3.63) is 42.1 Å². The summed E-state index contributed by atoms with van der Waals surface area (Å²) in [6.45, 7) is 2.03. The molecule has 3 rings (SSSR count). The number of nitrogen functional groups attached to an aromatic ring is 1. The number of hydrogen-bond donors (Lipinski definition) is 1. The first-order valence-electron chi connectivity index (χ1n) is 5.31. The van der Waals surface area contributed by atoms with Gasteiger partial charge in [0.1, 0.15) is 11.3 Å². The van der Waals surface area contributed by atoms with Crippen molar-refractivity contribution in [3.63, 3.8) is 0 Å². The van der Waals surface area contributed by atoms with Crippen LogP contribution in [0.1, 0.15) is 5.56 Å². The van der Waals surface area contributed by atoms with E-state index >= 15 is 0 Å². The highest BCUT2D eigenvalue weighted by Gasteiger charge is 2.08. The van der Waals surface area contributed by atoms with Crippen molar-refractivity contribution in [1.82, 2.24) is 9.97 Å². The van der Waals surface area contributed by atoms with Crippen LogP contribution in [-0.2, 0) is 0 Å². The van der Waals surface area contributed by atoms with Crippen LogP contribution >= 0.6 is 0 Å². The molecule has 4 nitrogen and oxygen atoms in total. The number of pyridine rings is 1. The number of aryl methyl sites for hydroxylation is 1. The summed E-state index contributed by atoms with van der Waals surface area (Å²) in [5.41, 5.74) is 9.16. The minimum absolute atomic E-state index is 0.487. The minimum Gasteiger partial charge on any atom is -0.436 e. The van der Waals surface area contributed by atoms with Crippen molar-refractivity contribution in [3.8, 4) is 11.5 Å². The molecule has 0 unspecified atom stereocenters. The van der Waals surface area contributed by atoms with Gasteiger partial charge in [0, 0.05) is 6.20 Å². The van der Waals surface area contributed by atoms with Crippen molar-refractivity contribution in [2.45, 2.75) is 6.92 Å². The fourth-order valence-electron chi connectivity index (χ4n) is 1.69. The molecule has 0 aliphatic carbocycles. The smallest absolute Gasteiger partial charge is 0.228 e. The Kier molecular flexibility index (Phi) is 2.08. The molecule has 1 aromatic carbocycles. The average molecular weight is 225 g/mol. The van der Waals surface area contributed by atoms with Gasteiger partial charge < -0.3 is 10.2 Å². The highest BCUT2D eigenvalue weighted by molar-refractivity contribution is 5.76. The zero-order chi connectivity index (χ0) is 11.8. The van der Waals surface area contributed by atoms with Gasteiger partial charge in [-0.05, 0) is 36.8 Å². The van der Waals surface area contributed by atoms with Crippen LogP contribution < -0.4 is 5.73 Å². The van der Waals surface area contributed by atoms with E-state index in [0.29, 0.717) is 11.7 Å². The average Bonchev–Trinajstić information content (AvgIpc) is 2.72. The molecule has 17 heavy (non-hydrogen) atoms. The predicted octanol–water partition coefficient (Wildman–Crippen LogP) is 2.78. The number of oxazole rings is 1. The van der Waals surface area contributed by atoms with Gasteiger partial charge in [0.05, 0.1) is 5.56 Å². The quantitative estimate of drug-likeness (QED) is 0.691. The second-order valence-corrected chi connectivity index (χ2v) is 3.96. The number of aromatic nitrogens is 2. The number of fused-ring (bicyclic) bond motifs is 1. The number of anilines is 1. The van der Waals surface area contributed by atoms with E-state index in [1.54, 1.807) is 12.3 Å². The lowest BCUT2D eigenvalue weighted by Crippen LogP contribution is -1.88. The molecule has 0 amide bonds. The van der Waals surface area contributed by atoms with Crippen molar-refractivity contribution in [1.29, 1.82) is 0 Å². The molecule has 2 heterocycles. The van der Waals surface area contributed by atoms with E-state index in [4.69, 9.17) is 10.2 Å². The molecule has 0 bridgehead atoms. The summed E-state index contributed by atoms with van der Waals surface area (Å²) < 4.78 is 5.66. The molecule has 2 aromatic heterocycles. The number of nitrogens with zero attached hydrogens (tertiary/aromatic N) is 2. The lowest BCUT2D eigenvalue weighted by molar-refractivity contribution is 0.619. The topological polar surface area (TPSA) is 64.9 Å². The Morgan fingerprint density at radius 1 is 1.18 bits per heavy atom. The van der Waals surface area contributed by atoms with Crippen LogP contribution in [0.4, 0.5) is 5.82 Å². The van der Waals surface area contributed by atoms with Crippen molar-refractivity contribution in [2.24, 2.45) is 0 Å². The van der Waals surface area contributed by atoms with Crippen LogP contribution in [0.15, 0.2) is 40.9 Å². The monoisotopic (exact) mass is 225 g/mol. The Labute approximate surface area is 98.1 Å². The maximum atomic E-state index is 5.66. The van der Waals surface area contributed by atoms with Crippen LogP contribution in [0.3, 0.4) is 0 Å². The van der Waals surface area contributed by atoms with Gasteiger partial charge in [-0.15, -0.1) is 0 Å². The summed E-state index contributed by atoms with van der Waals surface area (Å²) >= 11 is 0. The third-order valence-corrected chi connectivity index (χ3v) is 2.58. The molecule has 0 saturated heterocycles. The lowest BCUT2D eigenvalue weighted by atomic mass is 10.2. The summed E-state index contributed by atoms with van der Waals surface area (Å²) in [6.07, 6.45) is 1.66. The molecule has 4 heteroatoms. The normalized spacial score (nSPS) is 10.9. The lowest BCUT2D eigenvalue weighted by Gasteiger charge is -1.94. The van der Waals surface area contributed by atoms with Crippen molar-refractivity contribution < 1.29 is 4.42 Å². The van der Waals surface area contributed by atoms with Gasteiger partial charge in [0.2, 0.25) is 5.89 Å². The van der Waals surface area contributed by atoms with Gasteiger partial charge in [0.15, 0.2) is 5.58 Å². The second kappa shape index (κ2) is 3.59. The molecule has 0 aliphatic rings. The van der Waals surface area contributed by atoms with Gasteiger partial charge in [-0.1, -0.05) is 6.07 Å². The van der Waals surface area contributed by atoms with Gasteiger partial charge >= 0.3 is 0 Å². The van der Waals surface area contributed by atoms with Crippen LogP contribution in [0.5, 0.6) is 0 Å². The summed E-state index contributed by atoms with van der Waals surface area (Å²) in [5, 5.41) is 0. The molecule has 0 radical (unpaired) electrons. The SMILES string of the molecule is Cc1ccc2oc(-c3ccc(N)nc3)nc2c1. The summed E-state index contributed by atoms with van der Waals surface area (Å²) in [6, 6.07) is 9.49. The summed E-state index contributed by atoms with van der Waals surface area (Å²) in [4.78, 5) is 8.45. The van der Waals surface area contributed by atoms with Crippen LogP contribution in [0, 0.1) is 6.92 Å². The summed E-state index contributed by atoms with van der Waals surface area (Å²) in [5.74, 6) is 1.05. The number of nitrogens with two attached hydrogens (primary N) is 1. The minimum atomic E-state index is 0.487. The molecular weight excluding hydrogens is 214 g/mol. The molecule has 0 aliphatic heterocycles. The molecule has 0 atom stereocenters. The first kappa shape index (κ1) is 9.84. The van der Waals surface area contributed by atoms with E-state index in [0.717, 1.165) is 22.2 Å². The zero-order valence-corrected chi connectivity index (χ0v) is 9.34. The van der Waals surface area contributed by atoms with Crippen LogP contribution in [-0.4, -0.2) is 9.97 Å². The second-order valence-electron chi connectivity index (χ2n) is 3.96. The van der Waals surface area contributed by atoms with Gasteiger partial charge in [-0.3, -0.25) is 0 Å². The van der Waals surface area contributed by atoms with Crippen LogP contribution in [0.2, 0.25) is 0 Å². The van der Waals surface area contributed by atoms with Gasteiger partial charge in [-0.2, -0.15) is 0 Å². The first-order valence-corrected chi connectivity index (χ1v) is 5.31. The van der Waals surface area contributed by atoms with Crippen molar-refractivity contribution in [2.75, 3.05) is 5.73 Å². The standard InChI is InChI=1S/C13H11N3O/c1-8-2-4-11-10(6-8)16-13(17-11)9-3-5-12(14)15-7-9/h2-7H,1H3,(H2,14,15). The van der Waals surface area contributed by atoms with E-state index in [-0.39, 0.29) is 0 Å². The zero-order valence-electron chi connectivity index (χ0n) is 9.34. The molecule has 0 fully saturated rings. The van der Waals surface area contributed by atoms with Crippen LogP contribution in [0.25, 0.3) is 22.6 Å². The van der Waals surface area contributed by atoms with E-state index in [9.17, 15) is 0 Å². The maximum Gasteiger partial charge on any atom is 0.228 e. The highest BCUT2D eigenvalue weighted by atomic mass is 16.3. The summed E-state index contributed by atoms with van der Waals surface area (Å²) in [7, 11) is 0. The third-order valence-electron chi connectivity index (χ3n) is 2.58. The van der Waals surface area contributed by atoms with Gasteiger partial charge in [-0.25, -0.2) is 9.97 Å². The highest BCUT2D eigenvalue weighted by Crippen LogP contribution is 2.24. The maximum absolute atomic E-state index is 5.66. The molecular formula is C13H11N3O. The largest absolute Gasteiger partial charge is 0.436 e. The van der Waals surface area contributed by atoms with E-state index in [1.807, 2.05) is 31.2 Å². The van der Waals surface area contributed by atoms with E-state index in [2.05, 4.69) is 9.97 Å². The molecule has 3 aromatic rings. The number of rotatable bonds is 1. The van der Waals surface area contributed by atoms with Crippen molar-refractivity contribution >= 4 is 16.9 Å². The number of benzene rings is 1. The predicted molar refractivity (Wildman–Crippen MR) is 66.4 cm³/mol. The Bertz CT molecular complexity index is 671. The van der Waals surface area contributed by atoms with E-state index < -0.39 is 0 Å². The first-order chi connectivity index (χ1) is 8.22. The number of hydrogen-bond acceptors (Lipinski definition) is 4. The molecule has 0 spiro atoms.